The first kappa shape index (κ1) is 22.3. The van der Waals surface area contributed by atoms with Gasteiger partial charge < -0.3 is 20.3 Å². The van der Waals surface area contributed by atoms with Crippen molar-refractivity contribution in [2.45, 2.75) is 13.0 Å². The Morgan fingerprint density at radius 1 is 0.969 bits per heavy atom. The smallest absolute Gasteiger partial charge is 0.225 e. The number of anilines is 3. The van der Waals surface area contributed by atoms with E-state index in [9.17, 15) is 0 Å². The lowest BCUT2D eigenvalue weighted by molar-refractivity contribution is 0.178. The molecule has 0 radical (unpaired) electrons. The molecule has 0 unspecified atom stereocenters. The molecule has 32 heavy (non-hydrogen) atoms. The van der Waals surface area contributed by atoms with Crippen molar-refractivity contribution in [3.63, 3.8) is 0 Å². The van der Waals surface area contributed by atoms with Gasteiger partial charge >= 0.3 is 0 Å². The molecule has 0 atom stereocenters. The lowest BCUT2D eigenvalue weighted by atomic mass is 10.3. The van der Waals surface area contributed by atoms with E-state index in [2.05, 4.69) is 45.4 Å². The van der Waals surface area contributed by atoms with Crippen LogP contribution in [0.4, 0.5) is 17.6 Å². The van der Waals surface area contributed by atoms with Crippen molar-refractivity contribution >= 4 is 28.9 Å². The van der Waals surface area contributed by atoms with E-state index in [1.807, 2.05) is 23.7 Å². The van der Waals surface area contributed by atoms with Crippen LogP contribution in [0.1, 0.15) is 10.8 Å². The molecular formula is C21H29N9OS. The summed E-state index contributed by atoms with van der Waals surface area (Å²) in [5.74, 6) is 3.07. The number of piperazine rings is 1. The van der Waals surface area contributed by atoms with Gasteiger partial charge in [-0.3, -0.25) is 4.90 Å². The third-order valence-corrected chi connectivity index (χ3v) is 5.96. The van der Waals surface area contributed by atoms with E-state index in [1.54, 1.807) is 30.8 Å². The summed E-state index contributed by atoms with van der Waals surface area (Å²) in [7, 11) is 1.65. The Kier molecular flexibility index (Phi) is 8.12. The lowest BCUT2D eigenvalue weighted by Gasteiger charge is -2.34. The first-order valence-electron chi connectivity index (χ1n) is 10.8. The Bertz CT molecular complexity index is 934. The second-order valence-corrected chi connectivity index (χ2v) is 8.37. The van der Waals surface area contributed by atoms with Gasteiger partial charge in [0.05, 0.1) is 5.01 Å². The van der Waals surface area contributed by atoms with Crippen molar-refractivity contribution in [2.24, 2.45) is 0 Å². The zero-order chi connectivity index (χ0) is 22.0. The molecule has 4 heterocycles. The maximum absolute atomic E-state index is 5.24. The lowest BCUT2D eigenvalue weighted by Crippen LogP contribution is -2.48. The molecule has 0 spiro atoms. The summed E-state index contributed by atoms with van der Waals surface area (Å²) < 4.78 is 5.24. The highest BCUT2D eigenvalue weighted by Crippen LogP contribution is 2.14. The van der Waals surface area contributed by atoms with Crippen molar-refractivity contribution in [1.29, 1.82) is 0 Å². The van der Waals surface area contributed by atoms with Crippen molar-refractivity contribution < 1.29 is 4.74 Å². The number of ether oxygens (including phenoxy) is 1. The van der Waals surface area contributed by atoms with Crippen molar-refractivity contribution in [3.8, 4) is 0 Å². The molecule has 11 heteroatoms. The summed E-state index contributed by atoms with van der Waals surface area (Å²) in [5.41, 5.74) is 0. The van der Waals surface area contributed by atoms with E-state index in [4.69, 9.17) is 4.74 Å². The Morgan fingerprint density at radius 2 is 1.72 bits per heavy atom. The topological polar surface area (TPSA) is 104 Å². The van der Waals surface area contributed by atoms with Gasteiger partial charge in [0.2, 0.25) is 5.95 Å². The molecule has 1 aliphatic heterocycles. The van der Waals surface area contributed by atoms with Crippen LogP contribution in [0.15, 0.2) is 36.1 Å². The van der Waals surface area contributed by atoms with Crippen LogP contribution in [0.2, 0.25) is 0 Å². The number of nitrogens with one attached hydrogen (secondary N) is 2. The number of hydrogen-bond donors (Lipinski definition) is 2. The molecule has 3 aromatic heterocycles. The van der Waals surface area contributed by atoms with Gasteiger partial charge in [0.1, 0.15) is 18.2 Å². The van der Waals surface area contributed by atoms with E-state index in [1.165, 1.54) is 0 Å². The second-order valence-electron chi connectivity index (χ2n) is 7.39. The molecule has 3 aromatic rings. The van der Waals surface area contributed by atoms with Gasteiger partial charge in [0, 0.05) is 89.4 Å². The zero-order valence-corrected chi connectivity index (χ0v) is 19.1. The largest absolute Gasteiger partial charge is 0.377 e. The standard InChI is InChI=1S/C21H29N9OS/c1-31-16-19-27-17(22-6-3-20-24-8-14-32-20)15-18(28-19)23-7-9-29-10-12-30(13-11-29)21-25-4-2-5-26-21/h2,4-5,8,14-15H,3,6-7,9-13,16H2,1H3,(H2,22,23,27,28). The molecule has 170 valence electrons. The Hall–Kier alpha value is -2.89. The normalized spacial score (nSPS) is 14.5. The van der Waals surface area contributed by atoms with Gasteiger partial charge in [-0.1, -0.05) is 0 Å². The number of aromatic nitrogens is 5. The fourth-order valence-electron chi connectivity index (χ4n) is 3.51. The van der Waals surface area contributed by atoms with Crippen LogP contribution in [0.25, 0.3) is 0 Å². The number of methoxy groups -OCH3 is 1. The molecule has 0 amide bonds. The Morgan fingerprint density at radius 3 is 2.41 bits per heavy atom. The van der Waals surface area contributed by atoms with Gasteiger partial charge in [-0.2, -0.15) is 0 Å². The number of rotatable bonds is 11. The first-order valence-corrected chi connectivity index (χ1v) is 11.7. The van der Waals surface area contributed by atoms with Crippen molar-refractivity contribution in [1.82, 2.24) is 29.8 Å². The monoisotopic (exact) mass is 455 g/mol. The van der Waals surface area contributed by atoms with E-state index >= 15 is 0 Å². The van der Waals surface area contributed by atoms with E-state index in [-0.39, 0.29) is 0 Å². The third kappa shape index (κ3) is 6.55. The predicted octanol–water partition coefficient (Wildman–Crippen LogP) is 1.76. The number of thiazole rings is 1. The average Bonchev–Trinajstić information content (AvgIpc) is 3.34. The summed E-state index contributed by atoms with van der Waals surface area (Å²) >= 11 is 1.67. The molecule has 0 saturated carbocycles. The number of hydrogen-bond acceptors (Lipinski definition) is 11. The fourth-order valence-corrected chi connectivity index (χ4v) is 4.13. The molecule has 0 aromatic carbocycles. The maximum atomic E-state index is 5.24. The summed E-state index contributed by atoms with van der Waals surface area (Å²) in [5, 5.41) is 9.92. The second kappa shape index (κ2) is 11.7. The molecule has 0 aliphatic carbocycles. The molecule has 4 rings (SSSR count). The van der Waals surface area contributed by atoms with Gasteiger partial charge in [-0.05, 0) is 6.07 Å². The minimum absolute atomic E-state index is 0.375. The zero-order valence-electron chi connectivity index (χ0n) is 18.3. The van der Waals surface area contributed by atoms with Crippen molar-refractivity contribution in [2.75, 3.05) is 68.5 Å². The maximum Gasteiger partial charge on any atom is 0.225 e. The molecule has 1 saturated heterocycles. The van der Waals surface area contributed by atoms with Gasteiger partial charge in [0.25, 0.3) is 0 Å². The van der Waals surface area contributed by atoms with E-state index in [0.717, 1.165) is 74.8 Å². The molecular weight excluding hydrogens is 426 g/mol. The van der Waals surface area contributed by atoms with Crippen LogP contribution in [0, 0.1) is 0 Å². The molecule has 2 N–H and O–H groups in total. The third-order valence-electron chi connectivity index (χ3n) is 5.12. The molecule has 0 bridgehead atoms. The van der Waals surface area contributed by atoms with Crippen LogP contribution in [0.3, 0.4) is 0 Å². The molecule has 1 fully saturated rings. The van der Waals surface area contributed by atoms with Crippen LogP contribution in [-0.2, 0) is 17.8 Å². The quantitative estimate of drug-likeness (QED) is 0.444. The van der Waals surface area contributed by atoms with E-state index < -0.39 is 0 Å². The number of nitrogens with zero attached hydrogens (tertiary/aromatic N) is 7. The van der Waals surface area contributed by atoms with Crippen LogP contribution >= 0.6 is 11.3 Å². The minimum Gasteiger partial charge on any atom is -0.377 e. The van der Waals surface area contributed by atoms with Crippen LogP contribution < -0.4 is 15.5 Å². The highest BCUT2D eigenvalue weighted by molar-refractivity contribution is 7.09. The fraction of sp³-hybridized carbons (Fsp3) is 0.476. The van der Waals surface area contributed by atoms with Gasteiger partial charge in [-0.15, -0.1) is 11.3 Å². The summed E-state index contributed by atoms with van der Waals surface area (Å²) in [6.45, 7) is 6.74. The minimum atomic E-state index is 0.375. The van der Waals surface area contributed by atoms with Crippen molar-refractivity contribution in [3.05, 3.63) is 46.9 Å². The highest BCUT2D eigenvalue weighted by atomic mass is 32.1. The van der Waals surface area contributed by atoms with E-state index in [0.29, 0.717) is 12.4 Å². The molecule has 10 nitrogen and oxygen atoms in total. The van der Waals surface area contributed by atoms with Gasteiger partial charge in [-0.25, -0.2) is 24.9 Å². The summed E-state index contributed by atoms with van der Waals surface area (Å²) in [6, 6.07) is 3.80. The van der Waals surface area contributed by atoms with Gasteiger partial charge in [0.15, 0.2) is 5.82 Å². The SMILES string of the molecule is COCc1nc(NCCc2nccs2)cc(NCCN2CCN(c3ncccn3)CC2)n1. The average molecular weight is 456 g/mol. The summed E-state index contributed by atoms with van der Waals surface area (Å²) in [4.78, 5) is 26.8. The Balaban J connectivity index is 1.24. The highest BCUT2D eigenvalue weighted by Gasteiger charge is 2.18. The van der Waals surface area contributed by atoms with Crippen LogP contribution in [0.5, 0.6) is 0 Å². The predicted molar refractivity (Wildman–Crippen MR) is 126 cm³/mol. The molecule has 1 aliphatic rings. The Labute approximate surface area is 192 Å². The summed E-state index contributed by atoms with van der Waals surface area (Å²) in [6.07, 6.45) is 6.28. The van der Waals surface area contributed by atoms with Crippen LogP contribution in [-0.4, -0.2) is 82.7 Å². The first-order chi connectivity index (χ1) is 15.8.